The average Bonchev–Trinajstić information content (AvgIpc) is 1.60. The van der Waals surface area contributed by atoms with E-state index in [4.69, 9.17) is 5.11 Å². The van der Waals surface area contributed by atoms with Gasteiger partial charge in [0.05, 0.1) is 0 Å². The van der Waals surface area contributed by atoms with E-state index in [9.17, 15) is 9.18 Å². The first-order valence-electron chi connectivity index (χ1n) is 2.98. The van der Waals surface area contributed by atoms with Gasteiger partial charge in [0.15, 0.2) is 0 Å². The summed E-state index contributed by atoms with van der Waals surface area (Å²) in [6.45, 7) is 2.45. The molecule has 0 aliphatic heterocycles. The van der Waals surface area contributed by atoms with Crippen LogP contribution < -0.4 is 5.32 Å². The molecular formula is C6H12FNO2. The normalized spacial score (nSPS) is 14.8. The molecule has 0 aromatic carbocycles. The molecule has 0 saturated heterocycles. The molecule has 0 bridgehead atoms. The summed E-state index contributed by atoms with van der Waals surface area (Å²) in [6, 6.07) is -1.13. The summed E-state index contributed by atoms with van der Waals surface area (Å²) in [4.78, 5) is 10.3. The number of carboxylic acids is 1. The summed E-state index contributed by atoms with van der Waals surface area (Å²) in [5.41, 5.74) is -1.72. The molecular weight excluding hydrogens is 137 g/mol. The summed E-state index contributed by atoms with van der Waals surface area (Å²) in [6.07, 6.45) is 0. The third-order valence-electron chi connectivity index (χ3n) is 1.22. The van der Waals surface area contributed by atoms with Gasteiger partial charge in [-0.15, -0.1) is 0 Å². The van der Waals surface area contributed by atoms with E-state index in [1.54, 1.807) is 0 Å². The molecule has 1 unspecified atom stereocenters. The second kappa shape index (κ2) is 2.96. The molecule has 0 aromatic heterocycles. The van der Waals surface area contributed by atoms with Gasteiger partial charge in [-0.05, 0) is 20.9 Å². The minimum Gasteiger partial charge on any atom is -0.480 e. The summed E-state index contributed by atoms with van der Waals surface area (Å²) in [7, 11) is 1.42. The zero-order valence-corrected chi connectivity index (χ0v) is 6.31. The molecule has 1 atom stereocenters. The van der Waals surface area contributed by atoms with Crippen LogP contribution in [0.5, 0.6) is 0 Å². The molecule has 0 saturated carbocycles. The Morgan fingerprint density at radius 3 is 2.10 bits per heavy atom. The average molecular weight is 149 g/mol. The van der Waals surface area contributed by atoms with Crippen LogP contribution in [0.1, 0.15) is 13.8 Å². The van der Waals surface area contributed by atoms with Crippen LogP contribution in [-0.2, 0) is 4.79 Å². The van der Waals surface area contributed by atoms with Crippen molar-refractivity contribution in [2.45, 2.75) is 25.6 Å². The van der Waals surface area contributed by atoms with E-state index in [1.807, 2.05) is 0 Å². The van der Waals surface area contributed by atoms with Gasteiger partial charge in [0.1, 0.15) is 11.7 Å². The standard InChI is InChI=1S/C6H12FNO2/c1-6(2,7)4(8-3)5(9)10/h4,8H,1-3H3,(H,9,10). The van der Waals surface area contributed by atoms with Crippen molar-refractivity contribution in [3.63, 3.8) is 0 Å². The van der Waals surface area contributed by atoms with Crippen LogP contribution in [0.15, 0.2) is 0 Å². The van der Waals surface area contributed by atoms with E-state index in [0.717, 1.165) is 0 Å². The Morgan fingerprint density at radius 2 is 2.10 bits per heavy atom. The van der Waals surface area contributed by atoms with E-state index in [0.29, 0.717) is 0 Å². The first-order valence-corrected chi connectivity index (χ1v) is 2.98. The molecule has 3 nitrogen and oxygen atoms in total. The number of alkyl halides is 1. The molecule has 2 N–H and O–H groups in total. The van der Waals surface area contributed by atoms with Crippen LogP contribution >= 0.6 is 0 Å². The highest BCUT2D eigenvalue weighted by Crippen LogP contribution is 2.13. The molecule has 0 amide bonds. The zero-order chi connectivity index (χ0) is 8.36. The smallest absolute Gasteiger partial charge is 0.324 e. The fourth-order valence-corrected chi connectivity index (χ4v) is 0.760. The maximum Gasteiger partial charge on any atom is 0.324 e. The summed E-state index contributed by atoms with van der Waals surface area (Å²) in [5, 5.41) is 10.8. The summed E-state index contributed by atoms with van der Waals surface area (Å²) in [5.74, 6) is -1.17. The Bertz CT molecular complexity index is 130. The predicted octanol–water partition coefficient (Wildman–Crippen LogP) is 0.407. The van der Waals surface area contributed by atoms with Crippen LogP contribution in [0.2, 0.25) is 0 Å². The highest BCUT2D eigenvalue weighted by atomic mass is 19.1. The molecule has 0 heterocycles. The summed E-state index contributed by atoms with van der Waals surface area (Å²) >= 11 is 0. The molecule has 10 heavy (non-hydrogen) atoms. The second-order valence-corrected chi connectivity index (χ2v) is 2.62. The van der Waals surface area contributed by atoms with Crippen molar-refractivity contribution < 1.29 is 14.3 Å². The van der Waals surface area contributed by atoms with Gasteiger partial charge in [-0.3, -0.25) is 4.79 Å². The lowest BCUT2D eigenvalue weighted by Gasteiger charge is -2.21. The molecule has 0 spiro atoms. The first-order chi connectivity index (χ1) is 4.39. The Balaban J connectivity index is 4.22. The SMILES string of the molecule is CNC(C(=O)O)C(C)(C)F. The molecule has 0 aliphatic carbocycles. The Kier molecular flexibility index (Phi) is 2.77. The molecule has 60 valence electrons. The van der Waals surface area contributed by atoms with Crippen molar-refractivity contribution in [1.82, 2.24) is 5.32 Å². The maximum atomic E-state index is 12.9. The number of hydrogen-bond donors (Lipinski definition) is 2. The Labute approximate surface area is 59.2 Å². The molecule has 0 aliphatic rings. The minimum atomic E-state index is -1.72. The lowest BCUT2D eigenvalue weighted by molar-refractivity contribution is -0.142. The van der Waals surface area contributed by atoms with Crippen LogP contribution in [0.25, 0.3) is 0 Å². The third-order valence-corrected chi connectivity index (χ3v) is 1.22. The lowest BCUT2D eigenvalue weighted by atomic mass is 10.0. The first kappa shape index (κ1) is 9.36. The quantitative estimate of drug-likeness (QED) is 0.611. The number of nitrogens with one attached hydrogen (secondary N) is 1. The van der Waals surface area contributed by atoms with Crippen molar-refractivity contribution in [1.29, 1.82) is 0 Å². The highest BCUT2D eigenvalue weighted by Gasteiger charge is 2.33. The van der Waals surface area contributed by atoms with Gasteiger partial charge in [0.2, 0.25) is 0 Å². The highest BCUT2D eigenvalue weighted by molar-refractivity contribution is 5.74. The molecule has 4 heteroatoms. The fraction of sp³-hybridized carbons (Fsp3) is 0.833. The van der Waals surface area contributed by atoms with E-state index in [1.165, 1.54) is 20.9 Å². The van der Waals surface area contributed by atoms with E-state index in [2.05, 4.69) is 5.32 Å². The Hall–Kier alpha value is -0.640. The number of aliphatic carboxylic acids is 1. The topological polar surface area (TPSA) is 49.3 Å². The number of hydrogen-bond acceptors (Lipinski definition) is 2. The molecule has 0 radical (unpaired) electrons. The van der Waals surface area contributed by atoms with Gasteiger partial charge in [0.25, 0.3) is 0 Å². The molecule has 0 fully saturated rings. The molecule has 0 aromatic rings. The lowest BCUT2D eigenvalue weighted by Crippen LogP contribution is -2.47. The van der Waals surface area contributed by atoms with E-state index >= 15 is 0 Å². The van der Waals surface area contributed by atoms with Gasteiger partial charge in [-0.25, -0.2) is 4.39 Å². The van der Waals surface area contributed by atoms with Crippen LogP contribution in [0.4, 0.5) is 4.39 Å². The van der Waals surface area contributed by atoms with Gasteiger partial charge in [-0.2, -0.15) is 0 Å². The van der Waals surface area contributed by atoms with Gasteiger partial charge in [-0.1, -0.05) is 0 Å². The van der Waals surface area contributed by atoms with Crippen LogP contribution in [0, 0.1) is 0 Å². The largest absolute Gasteiger partial charge is 0.480 e. The van der Waals surface area contributed by atoms with E-state index < -0.39 is 17.7 Å². The molecule has 0 rings (SSSR count). The van der Waals surface area contributed by atoms with Gasteiger partial charge >= 0.3 is 5.97 Å². The summed E-state index contributed by atoms with van der Waals surface area (Å²) < 4.78 is 12.9. The maximum absolute atomic E-state index is 12.9. The van der Waals surface area contributed by atoms with Crippen LogP contribution in [-0.4, -0.2) is 29.8 Å². The van der Waals surface area contributed by atoms with Crippen molar-refractivity contribution in [3.8, 4) is 0 Å². The van der Waals surface area contributed by atoms with Crippen LogP contribution in [0.3, 0.4) is 0 Å². The van der Waals surface area contributed by atoms with Crippen molar-refractivity contribution in [2.24, 2.45) is 0 Å². The monoisotopic (exact) mass is 149 g/mol. The fourth-order valence-electron chi connectivity index (χ4n) is 0.760. The number of rotatable bonds is 3. The second-order valence-electron chi connectivity index (χ2n) is 2.62. The zero-order valence-electron chi connectivity index (χ0n) is 6.31. The van der Waals surface area contributed by atoms with Crippen molar-refractivity contribution in [2.75, 3.05) is 7.05 Å². The van der Waals surface area contributed by atoms with Gasteiger partial charge < -0.3 is 10.4 Å². The Morgan fingerprint density at radius 1 is 1.70 bits per heavy atom. The number of likely N-dealkylation sites (N-methyl/N-ethyl adjacent to an activating group) is 1. The number of halogens is 1. The van der Waals surface area contributed by atoms with Crippen molar-refractivity contribution in [3.05, 3.63) is 0 Å². The van der Waals surface area contributed by atoms with Gasteiger partial charge in [0, 0.05) is 0 Å². The van der Waals surface area contributed by atoms with Crippen molar-refractivity contribution >= 4 is 5.97 Å². The third kappa shape index (κ3) is 2.31. The predicted molar refractivity (Wildman–Crippen MR) is 35.7 cm³/mol. The minimum absolute atomic E-state index is 1.13. The number of carbonyl (C=O) groups is 1. The van der Waals surface area contributed by atoms with E-state index in [-0.39, 0.29) is 0 Å². The number of carboxylic acid groups (broad SMARTS) is 1.